The van der Waals surface area contributed by atoms with Crippen LogP contribution in [0.5, 0.6) is 0 Å². The second-order valence-electron chi connectivity index (χ2n) is 8.96. The van der Waals surface area contributed by atoms with Crippen LogP contribution in [0.1, 0.15) is 53.4 Å². The van der Waals surface area contributed by atoms with Crippen LogP contribution >= 0.6 is 0 Å². The quantitative estimate of drug-likeness (QED) is 0.590. The molecular weight excluding hydrogens is 400 g/mol. The maximum atomic E-state index is 12.1. The molecule has 2 aliphatic rings. The molecule has 2 N–H and O–H groups in total. The van der Waals surface area contributed by atoms with Crippen molar-refractivity contribution in [1.82, 2.24) is 9.80 Å². The lowest BCUT2D eigenvalue weighted by Crippen LogP contribution is -2.41. The summed E-state index contributed by atoms with van der Waals surface area (Å²) in [5.41, 5.74) is 1.72. The van der Waals surface area contributed by atoms with Crippen molar-refractivity contribution in [2.24, 2.45) is 0 Å². The predicted molar refractivity (Wildman–Crippen MR) is 131 cm³/mol. The van der Waals surface area contributed by atoms with Crippen molar-refractivity contribution in [3.05, 3.63) is 60.7 Å². The van der Waals surface area contributed by atoms with Gasteiger partial charge in [-0.1, -0.05) is 36.4 Å². The SMILES string of the molecule is C[C@@H]1CC[C@H](C)N1C(=O)Nc1ccccc1.C[C@@H]1CC[C@H](C)N1C(=O)Nc1ccccc1. The number of rotatable bonds is 2. The molecule has 0 bridgehead atoms. The third-order valence-electron chi connectivity index (χ3n) is 6.42. The van der Waals surface area contributed by atoms with E-state index in [0.29, 0.717) is 24.2 Å². The number of urea groups is 2. The Morgan fingerprint density at radius 3 is 1.16 bits per heavy atom. The molecule has 0 unspecified atom stereocenters. The van der Waals surface area contributed by atoms with Crippen LogP contribution in [0.25, 0.3) is 0 Å². The molecule has 172 valence electrons. The number of nitrogens with one attached hydrogen (secondary N) is 2. The van der Waals surface area contributed by atoms with Gasteiger partial charge in [-0.05, 0) is 77.6 Å². The maximum absolute atomic E-state index is 12.1. The summed E-state index contributed by atoms with van der Waals surface area (Å²) < 4.78 is 0. The monoisotopic (exact) mass is 436 g/mol. The van der Waals surface area contributed by atoms with E-state index < -0.39 is 0 Å². The largest absolute Gasteiger partial charge is 0.322 e. The smallest absolute Gasteiger partial charge is 0.319 e. The number of carbonyl (C=O) groups is 2. The Bertz CT molecular complexity index is 780. The van der Waals surface area contributed by atoms with E-state index in [-0.39, 0.29) is 12.1 Å². The first kappa shape index (κ1) is 23.6. The zero-order chi connectivity index (χ0) is 23.1. The number of likely N-dealkylation sites (tertiary alicyclic amines) is 2. The average Bonchev–Trinajstić information content (AvgIpc) is 3.30. The fourth-order valence-corrected chi connectivity index (χ4v) is 4.61. The molecule has 0 aliphatic carbocycles. The first-order valence-corrected chi connectivity index (χ1v) is 11.7. The lowest BCUT2D eigenvalue weighted by Gasteiger charge is -2.26. The second kappa shape index (κ2) is 11.0. The molecular formula is C26H36N4O2. The van der Waals surface area contributed by atoms with Crippen molar-refractivity contribution in [2.75, 3.05) is 10.6 Å². The van der Waals surface area contributed by atoms with Crippen molar-refractivity contribution in [3.8, 4) is 0 Å². The van der Waals surface area contributed by atoms with Crippen LogP contribution in [-0.4, -0.2) is 46.0 Å². The molecule has 4 rings (SSSR count). The predicted octanol–water partition coefficient (Wildman–Crippen LogP) is 6.18. The number of hydrogen-bond donors (Lipinski definition) is 2. The summed E-state index contributed by atoms with van der Waals surface area (Å²) in [5, 5.41) is 5.86. The summed E-state index contributed by atoms with van der Waals surface area (Å²) in [7, 11) is 0. The van der Waals surface area contributed by atoms with Crippen molar-refractivity contribution in [1.29, 1.82) is 0 Å². The minimum Gasteiger partial charge on any atom is -0.319 e. The molecule has 2 aliphatic heterocycles. The van der Waals surface area contributed by atoms with Gasteiger partial charge in [-0.3, -0.25) is 0 Å². The van der Waals surface area contributed by atoms with Gasteiger partial charge in [0.25, 0.3) is 0 Å². The molecule has 6 nitrogen and oxygen atoms in total. The summed E-state index contributed by atoms with van der Waals surface area (Å²) in [5.74, 6) is 0. The molecule has 0 spiro atoms. The molecule has 2 aromatic rings. The summed E-state index contributed by atoms with van der Waals surface area (Å²) in [6.07, 6.45) is 4.40. The fourth-order valence-electron chi connectivity index (χ4n) is 4.61. The Hall–Kier alpha value is -3.02. The van der Waals surface area contributed by atoms with E-state index in [1.54, 1.807) is 0 Å². The van der Waals surface area contributed by atoms with Crippen LogP contribution in [0.4, 0.5) is 21.0 Å². The van der Waals surface area contributed by atoms with Gasteiger partial charge in [0, 0.05) is 35.5 Å². The van der Waals surface area contributed by atoms with Gasteiger partial charge < -0.3 is 20.4 Å². The van der Waals surface area contributed by atoms with Gasteiger partial charge in [-0.15, -0.1) is 0 Å². The van der Waals surface area contributed by atoms with Gasteiger partial charge in [0.2, 0.25) is 0 Å². The summed E-state index contributed by atoms with van der Waals surface area (Å²) >= 11 is 0. The first-order valence-electron chi connectivity index (χ1n) is 11.7. The Morgan fingerprint density at radius 2 is 0.875 bits per heavy atom. The highest BCUT2D eigenvalue weighted by Gasteiger charge is 2.32. The van der Waals surface area contributed by atoms with Crippen LogP contribution in [0.3, 0.4) is 0 Å². The van der Waals surface area contributed by atoms with Crippen LogP contribution < -0.4 is 10.6 Å². The summed E-state index contributed by atoms with van der Waals surface area (Å²) in [6.45, 7) is 8.42. The molecule has 2 saturated heterocycles. The van der Waals surface area contributed by atoms with E-state index in [0.717, 1.165) is 37.1 Å². The zero-order valence-corrected chi connectivity index (χ0v) is 19.6. The third kappa shape index (κ3) is 6.02. The average molecular weight is 437 g/mol. The van der Waals surface area contributed by atoms with E-state index >= 15 is 0 Å². The second-order valence-corrected chi connectivity index (χ2v) is 8.96. The van der Waals surface area contributed by atoms with Gasteiger partial charge in [0.1, 0.15) is 0 Å². The van der Waals surface area contributed by atoms with E-state index in [9.17, 15) is 9.59 Å². The molecule has 32 heavy (non-hydrogen) atoms. The summed E-state index contributed by atoms with van der Waals surface area (Å²) in [6, 6.07) is 20.6. The maximum Gasteiger partial charge on any atom is 0.322 e. The van der Waals surface area contributed by atoms with Crippen molar-refractivity contribution in [2.45, 2.75) is 77.5 Å². The molecule has 0 aromatic heterocycles. The zero-order valence-electron chi connectivity index (χ0n) is 19.6. The third-order valence-corrected chi connectivity index (χ3v) is 6.42. The highest BCUT2D eigenvalue weighted by Crippen LogP contribution is 2.25. The van der Waals surface area contributed by atoms with Gasteiger partial charge >= 0.3 is 12.1 Å². The minimum atomic E-state index is 0.0173. The molecule has 4 amide bonds. The molecule has 0 saturated carbocycles. The number of anilines is 2. The normalized spacial score (nSPS) is 24.5. The number of para-hydroxylation sites is 2. The number of carbonyl (C=O) groups excluding carboxylic acids is 2. The van der Waals surface area contributed by atoms with Crippen LogP contribution in [0.15, 0.2) is 60.7 Å². The van der Waals surface area contributed by atoms with E-state index in [2.05, 4.69) is 38.3 Å². The molecule has 0 radical (unpaired) electrons. The van der Waals surface area contributed by atoms with E-state index in [4.69, 9.17) is 0 Å². The minimum absolute atomic E-state index is 0.0173. The van der Waals surface area contributed by atoms with E-state index in [1.807, 2.05) is 70.5 Å². The number of amides is 4. The highest BCUT2D eigenvalue weighted by molar-refractivity contribution is 5.90. The Kier molecular flexibility index (Phi) is 8.14. The highest BCUT2D eigenvalue weighted by atomic mass is 16.2. The van der Waals surface area contributed by atoms with Crippen LogP contribution in [-0.2, 0) is 0 Å². The van der Waals surface area contributed by atoms with Crippen LogP contribution in [0.2, 0.25) is 0 Å². The van der Waals surface area contributed by atoms with Gasteiger partial charge in [0.15, 0.2) is 0 Å². The molecule has 4 atom stereocenters. The molecule has 2 aromatic carbocycles. The standard InChI is InChI=1S/2C13H18N2O/c2*1-10-8-9-11(2)15(10)13(16)14-12-6-4-3-5-7-12/h2*3-7,10-11H,8-9H2,1-2H3,(H,14,16)/t2*10-,11+. The lowest BCUT2D eigenvalue weighted by atomic mass is 10.2. The first-order chi connectivity index (χ1) is 15.4. The number of hydrogen-bond acceptors (Lipinski definition) is 2. The van der Waals surface area contributed by atoms with Crippen molar-refractivity contribution >= 4 is 23.4 Å². The van der Waals surface area contributed by atoms with Gasteiger partial charge in [-0.2, -0.15) is 0 Å². The molecule has 6 heteroatoms. The number of nitrogens with zero attached hydrogens (tertiary/aromatic N) is 2. The van der Waals surface area contributed by atoms with Crippen molar-refractivity contribution < 1.29 is 9.59 Å². The van der Waals surface area contributed by atoms with Gasteiger partial charge in [0.05, 0.1) is 0 Å². The lowest BCUT2D eigenvalue weighted by molar-refractivity contribution is 0.193. The number of benzene rings is 2. The molecule has 2 heterocycles. The Morgan fingerprint density at radius 1 is 0.594 bits per heavy atom. The van der Waals surface area contributed by atoms with Crippen LogP contribution in [0, 0.1) is 0 Å². The van der Waals surface area contributed by atoms with Crippen molar-refractivity contribution in [3.63, 3.8) is 0 Å². The summed E-state index contributed by atoms with van der Waals surface area (Å²) in [4.78, 5) is 28.0. The van der Waals surface area contributed by atoms with E-state index in [1.165, 1.54) is 0 Å². The Balaban J connectivity index is 0.000000181. The topological polar surface area (TPSA) is 64.7 Å². The Labute approximate surface area is 192 Å². The molecule has 2 fully saturated rings. The van der Waals surface area contributed by atoms with Gasteiger partial charge in [-0.25, -0.2) is 9.59 Å². The fraction of sp³-hybridized carbons (Fsp3) is 0.462.